The molecule has 1 aliphatic carbocycles. The van der Waals surface area contributed by atoms with Crippen molar-refractivity contribution in [1.29, 1.82) is 0 Å². The summed E-state index contributed by atoms with van der Waals surface area (Å²) in [6.45, 7) is 2.78. The predicted molar refractivity (Wildman–Crippen MR) is 65.0 cm³/mol. The SMILES string of the molecule is Cc1cc(C(=O)NCC2CC2)n2nccc2c1. The fourth-order valence-corrected chi connectivity index (χ4v) is 1.99. The molecule has 0 radical (unpaired) electrons. The van der Waals surface area contributed by atoms with Crippen molar-refractivity contribution in [1.82, 2.24) is 14.9 Å². The standard InChI is InChI=1S/C13H15N3O/c1-9-6-11-4-5-15-16(11)12(7-9)13(17)14-8-10-2-3-10/h4-7,10H,2-3,8H2,1H3,(H,14,17). The maximum absolute atomic E-state index is 12.1. The molecule has 1 fully saturated rings. The molecular weight excluding hydrogens is 214 g/mol. The smallest absolute Gasteiger partial charge is 0.269 e. The second-order valence-electron chi connectivity index (χ2n) is 4.74. The molecule has 0 spiro atoms. The average Bonchev–Trinajstić information content (AvgIpc) is 3.02. The molecule has 4 nitrogen and oxygen atoms in total. The van der Waals surface area contributed by atoms with Crippen LogP contribution in [0.5, 0.6) is 0 Å². The molecule has 0 bridgehead atoms. The summed E-state index contributed by atoms with van der Waals surface area (Å²) in [4.78, 5) is 12.1. The Labute approximate surface area is 99.6 Å². The highest BCUT2D eigenvalue weighted by Crippen LogP contribution is 2.27. The van der Waals surface area contributed by atoms with E-state index in [9.17, 15) is 4.79 Å². The third-order valence-corrected chi connectivity index (χ3v) is 3.12. The summed E-state index contributed by atoms with van der Waals surface area (Å²) in [5.74, 6) is 0.658. The van der Waals surface area contributed by atoms with E-state index in [-0.39, 0.29) is 5.91 Å². The van der Waals surface area contributed by atoms with Gasteiger partial charge in [0.15, 0.2) is 0 Å². The lowest BCUT2D eigenvalue weighted by Crippen LogP contribution is -2.27. The molecule has 1 aliphatic rings. The molecule has 1 saturated carbocycles. The quantitative estimate of drug-likeness (QED) is 0.872. The number of rotatable bonds is 3. The normalized spacial score (nSPS) is 15.1. The number of aryl methyl sites for hydroxylation is 1. The molecule has 0 unspecified atom stereocenters. The van der Waals surface area contributed by atoms with Gasteiger partial charge in [-0.2, -0.15) is 5.10 Å². The highest BCUT2D eigenvalue weighted by molar-refractivity contribution is 5.93. The van der Waals surface area contributed by atoms with Crippen LogP contribution in [0.4, 0.5) is 0 Å². The summed E-state index contributed by atoms with van der Waals surface area (Å²) in [5, 5.41) is 7.15. The predicted octanol–water partition coefficient (Wildman–Crippen LogP) is 1.78. The van der Waals surface area contributed by atoms with Crippen molar-refractivity contribution >= 4 is 11.4 Å². The van der Waals surface area contributed by atoms with Gasteiger partial charge in [0, 0.05) is 6.54 Å². The minimum Gasteiger partial charge on any atom is -0.350 e. The third kappa shape index (κ3) is 2.02. The van der Waals surface area contributed by atoms with Gasteiger partial charge in [0.25, 0.3) is 5.91 Å². The zero-order valence-corrected chi connectivity index (χ0v) is 9.81. The molecule has 0 aliphatic heterocycles. The van der Waals surface area contributed by atoms with Crippen molar-refractivity contribution in [2.75, 3.05) is 6.54 Å². The Kier molecular flexibility index (Phi) is 2.35. The maximum Gasteiger partial charge on any atom is 0.269 e. The van der Waals surface area contributed by atoms with Crippen molar-refractivity contribution in [3.63, 3.8) is 0 Å². The van der Waals surface area contributed by atoms with Gasteiger partial charge in [-0.1, -0.05) is 0 Å². The Bertz CT molecular complexity index is 569. The first-order valence-corrected chi connectivity index (χ1v) is 5.96. The number of aromatic nitrogens is 2. The first kappa shape index (κ1) is 10.3. The second kappa shape index (κ2) is 3.87. The molecule has 0 aromatic carbocycles. The zero-order chi connectivity index (χ0) is 11.8. The number of carbonyl (C=O) groups excluding carboxylic acids is 1. The topological polar surface area (TPSA) is 46.4 Å². The Morgan fingerprint density at radius 3 is 3.12 bits per heavy atom. The number of fused-ring (bicyclic) bond motifs is 1. The molecular formula is C13H15N3O. The summed E-state index contributed by atoms with van der Waals surface area (Å²) in [6, 6.07) is 5.80. The molecule has 1 amide bonds. The van der Waals surface area contributed by atoms with Gasteiger partial charge in [0.2, 0.25) is 0 Å². The molecule has 88 valence electrons. The van der Waals surface area contributed by atoms with Crippen LogP contribution in [0, 0.1) is 12.8 Å². The Morgan fingerprint density at radius 2 is 2.35 bits per heavy atom. The average molecular weight is 229 g/mol. The van der Waals surface area contributed by atoms with Crippen molar-refractivity contribution in [2.24, 2.45) is 5.92 Å². The molecule has 2 aromatic heterocycles. The van der Waals surface area contributed by atoms with Gasteiger partial charge in [-0.25, -0.2) is 4.52 Å². The van der Waals surface area contributed by atoms with Crippen LogP contribution in [-0.4, -0.2) is 22.1 Å². The highest BCUT2D eigenvalue weighted by atomic mass is 16.1. The summed E-state index contributed by atoms with van der Waals surface area (Å²) in [5.41, 5.74) is 2.65. The van der Waals surface area contributed by atoms with Gasteiger partial charge in [0.1, 0.15) is 5.69 Å². The van der Waals surface area contributed by atoms with Gasteiger partial charge >= 0.3 is 0 Å². The molecule has 2 aromatic rings. The van der Waals surface area contributed by atoms with E-state index in [1.807, 2.05) is 25.1 Å². The summed E-state index contributed by atoms with van der Waals surface area (Å²) >= 11 is 0. The fourth-order valence-electron chi connectivity index (χ4n) is 1.99. The Balaban J connectivity index is 1.91. The number of pyridine rings is 1. The van der Waals surface area contributed by atoms with E-state index in [0.29, 0.717) is 11.6 Å². The van der Waals surface area contributed by atoms with E-state index in [1.165, 1.54) is 12.8 Å². The summed E-state index contributed by atoms with van der Waals surface area (Å²) in [6.07, 6.45) is 4.20. The van der Waals surface area contributed by atoms with Crippen LogP contribution in [-0.2, 0) is 0 Å². The van der Waals surface area contributed by atoms with Crippen LogP contribution < -0.4 is 5.32 Å². The van der Waals surface area contributed by atoms with E-state index in [4.69, 9.17) is 0 Å². The lowest BCUT2D eigenvalue weighted by molar-refractivity contribution is 0.0944. The van der Waals surface area contributed by atoms with Crippen molar-refractivity contribution in [2.45, 2.75) is 19.8 Å². The molecule has 4 heteroatoms. The first-order valence-electron chi connectivity index (χ1n) is 5.96. The number of nitrogens with zero attached hydrogens (tertiary/aromatic N) is 2. The number of hydrogen-bond acceptors (Lipinski definition) is 2. The largest absolute Gasteiger partial charge is 0.350 e. The van der Waals surface area contributed by atoms with Gasteiger partial charge in [-0.3, -0.25) is 4.79 Å². The third-order valence-electron chi connectivity index (χ3n) is 3.12. The Hall–Kier alpha value is -1.84. The number of amides is 1. The van der Waals surface area contributed by atoms with Crippen LogP contribution in [0.3, 0.4) is 0 Å². The highest BCUT2D eigenvalue weighted by Gasteiger charge is 2.22. The minimum atomic E-state index is -0.0331. The van der Waals surface area contributed by atoms with Crippen LogP contribution in [0.2, 0.25) is 0 Å². The minimum absolute atomic E-state index is 0.0331. The van der Waals surface area contributed by atoms with E-state index in [0.717, 1.165) is 17.6 Å². The van der Waals surface area contributed by atoms with Gasteiger partial charge in [0.05, 0.1) is 11.7 Å². The van der Waals surface area contributed by atoms with Crippen LogP contribution in [0.1, 0.15) is 28.9 Å². The van der Waals surface area contributed by atoms with Gasteiger partial charge in [-0.05, 0) is 49.4 Å². The lowest BCUT2D eigenvalue weighted by Gasteiger charge is -2.07. The van der Waals surface area contributed by atoms with E-state index < -0.39 is 0 Å². The van der Waals surface area contributed by atoms with Crippen molar-refractivity contribution < 1.29 is 4.79 Å². The Morgan fingerprint density at radius 1 is 1.53 bits per heavy atom. The zero-order valence-electron chi connectivity index (χ0n) is 9.81. The monoisotopic (exact) mass is 229 g/mol. The number of hydrogen-bond donors (Lipinski definition) is 1. The number of nitrogens with one attached hydrogen (secondary N) is 1. The van der Waals surface area contributed by atoms with Gasteiger partial charge in [-0.15, -0.1) is 0 Å². The molecule has 2 heterocycles. The van der Waals surface area contributed by atoms with Crippen LogP contribution in [0.25, 0.3) is 5.52 Å². The van der Waals surface area contributed by atoms with E-state index in [2.05, 4.69) is 10.4 Å². The molecule has 17 heavy (non-hydrogen) atoms. The lowest BCUT2D eigenvalue weighted by atomic mass is 10.2. The molecule has 3 rings (SSSR count). The van der Waals surface area contributed by atoms with E-state index >= 15 is 0 Å². The summed E-state index contributed by atoms with van der Waals surface area (Å²) < 4.78 is 1.69. The first-order chi connectivity index (χ1) is 8.24. The van der Waals surface area contributed by atoms with Crippen molar-refractivity contribution in [3.05, 3.63) is 35.7 Å². The molecule has 1 N–H and O–H groups in total. The van der Waals surface area contributed by atoms with Crippen molar-refractivity contribution in [3.8, 4) is 0 Å². The molecule has 0 saturated heterocycles. The molecule has 0 atom stereocenters. The number of carbonyl (C=O) groups is 1. The van der Waals surface area contributed by atoms with E-state index in [1.54, 1.807) is 10.7 Å². The fraction of sp³-hybridized carbons (Fsp3) is 0.385. The summed E-state index contributed by atoms with van der Waals surface area (Å²) in [7, 11) is 0. The van der Waals surface area contributed by atoms with Crippen LogP contribution in [0.15, 0.2) is 24.4 Å². The maximum atomic E-state index is 12.1. The van der Waals surface area contributed by atoms with Crippen LogP contribution >= 0.6 is 0 Å². The van der Waals surface area contributed by atoms with Gasteiger partial charge < -0.3 is 5.32 Å². The second-order valence-corrected chi connectivity index (χ2v) is 4.74.